The summed E-state index contributed by atoms with van der Waals surface area (Å²) in [6.07, 6.45) is -2.81. The molecule has 1 saturated heterocycles. The molecule has 0 radical (unpaired) electrons. The third-order valence-corrected chi connectivity index (χ3v) is 3.52. The molecule has 0 unspecified atom stereocenters. The SMILES string of the molecule is COCC(=O)N1CCCN(c2ccc(C(F)(F)F)cn2)CC1. The van der Waals surface area contributed by atoms with Crippen LogP contribution < -0.4 is 4.90 Å². The number of ether oxygens (including phenoxy) is 1. The van der Waals surface area contributed by atoms with Gasteiger partial charge in [0.05, 0.1) is 5.56 Å². The van der Waals surface area contributed by atoms with Crippen molar-refractivity contribution in [1.82, 2.24) is 9.88 Å². The average molecular weight is 317 g/mol. The van der Waals surface area contributed by atoms with Crippen molar-refractivity contribution in [2.45, 2.75) is 12.6 Å². The summed E-state index contributed by atoms with van der Waals surface area (Å²) < 4.78 is 42.4. The van der Waals surface area contributed by atoms with Crippen LogP contribution in [-0.2, 0) is 15.7 Å². The van der Waals surface area contributed by atoms with Gasteiger partial charge in [0, 0.05) is 39.5 Å². The number of hydrogen-bond acceptors (Lipinski definition) is 4. The van der Waals surface area contributed by atoms with Crippen LogP contribution in [0.4, 0.5) is 19.0 Å². The van der Waals surface area contributed by atoms with E-state index in [9.17, 15) is 18.0 Å². The van der Waals surface area contributed by atoms with Gasteiger partial charge in [0.2, 0.25) is 5.91 Å². The number of aromatic nitrogens is 1. The molecule has 1 aromatic rings. The number of anilines is 1. The molecule has 0 bridgehead atoms. The Balaban J connectivity index is 2.00. The van der Waals surface area contributed by atoms with E-state index in [0.29, 0.717) is 32.0 Å². The molecule has 1 fully saturated rings. The molecule has 1 aromatic heterocycles. The molecule has 0 spiro atoms. The minimum atomic E-state index is -4.38. The molecule has 22 heavy (non-hydrogen) atoms. The molecule has 0 atom stereocenters. The zero-order chi connectivity index (χ0) is 16.2. The van der Waals surface area contributed by atoms with E-state index in [4.69, 9.17) is 4.74 Å². The summed E-state index contributed by atoms with van der Waals surface area (Å²) in [5.74, 6) is 0.416. The molecule has 1 aliphatic heterocycles. The van der Waals surface area contributed by atoms with E-state index in [2.05, 4.69) is 4.98 Å². The first-order valence-corrected chi connectivity index (χ1v) is 6.96. The van der Waals surface area contributed by atoms with Gasteiger partial charge in [-0.2, -0.15) is 13.2 Å². The van der Waals surface area contributed by atoms with Gasteiger partial charge < -0.3 is 14.5 Å². The number of rotatable bonds is 3. The number of halogens is 3. The van der Waals surface area contributed by atoms with Crippen LogP contribution >= 0.6 is 0 Å². The maximum atomic E-state index is 12.5. The monoisotopic (exact) mass is 317 g/mol. The van der Waals surface area contributed by atoms with Gasteiger partial charge in [-0.3, -0.25) is 4.79 Å². The second-order valence-electron chi connectivity index (χ2n) is 5.06. The van der Waals surface area contributed by atoms with Crippen LogP contribution in [-0.4, -0.2) is 55.7 Å². The average Bonchev–Trinajstić information content (AvgIpc) is 2.73. The van der Waals surface area contributed by atoms with Gasteiger partial charge in [-0.1, -0.05) is 0 Å². The fourth-order valence-electron chi connectivity index (χ4n) is 2.35. The third kappa shape index (κ3) is 4.09. The maximum absolute atomic E-state index is 12.5. The van der Waals surface area contributed by atoms with Gasteiger partial charge >= 0.3 is 6.18 Å². The van der Waals surface area contributed by atoms with E-state index in [1.54, 1.807) is 4.90 Å². The smallest absolute Gasteiger partial charge is 0.375 e. The predicted octanol–water partition coefficient (Wildman–Crippen LogP) is 1.79. The van der Waals surface area contributed by atoms with E-state index in [0.717, 1.165) is 18.7 Å². The first-order valence-electron chi connectivity index (χ1n) is 6.96. The second kappa shape index (κ2) is 6.95. The molecule has 0 aromatic carbocycles. The highest BCUT2D eigenvalue weighted by molar-refractivity contribution is 5.77. The lowest BCUT2D eigenvalue weighted by Crippen LogP contribution is -2.37. The van der Waals surface area contributed by atoms with Crippen LogP contribution in [0, 0.1) is 0 Å². The van der Waals surface area contributed by atoms with Gasteiger partial charge in [-0.25, -0.2) is 4.98 Å². The zero-order valence-corrected chi connectivity index (χ0v) is 12.3. The number of nitrogens with zero attached hydrogens (tertiary/aromatic N) is 3. The van der Waals surface area contributed by atoms with Crippen molar-refractivity contribution in [1.29, 1.82) is 0 Å². The topological polar surface area (TPSA) is 45.7 Å². The van der Waals surface area contributed by atoms with Crippen LogP contribution in [0.25, 0.3) is 0 Å². The Morgan fingerprint density at radius 1 is 1.27 bits per heavy atom. The number of alkyl halides is 3. The highest BCUT2D eigenvalue weighted by atomic mass is 19.4. The quantitative estimate of drug-likeness (QED) is 0.853. The molecule has 2 heterocycles. The van der Waals surface area contributed by atoms with Gasteiger partial charge in [-0.15, -0.1) is 0 Å². The molecule has 1 amide bonds. The lowest BCUT2D eigenvalue weighted by molar-refractivity contribution is -0.138. The van der Waals surface area contributed by atoms with E-state index >= 15 is 0 Å². The van der Waals surface area contributed by atoms with Crippen molar-refractivity contribution in [2.75, 3.05) is 44.8 Å². The second-order valence-corrected chi connectivity index (χ2v) is 5.06. The van der Waals surface area contributed by atoms with Crippen molar-refractivity contribution in [3.05, 3.63) is 23.9 Å². The molecule has 1 aliphatic rings. The minimum Gasteiger partial charge on any atom is -0.375 e. The molecule has 5 nitrogen and oxygen atoms in total. The molecule has 8 heteroatoms. The van der Waals surface area contributed by atoms with Crippen LogP contribution in [0.3, 0.4) is 0 Å². The molecular weight excluding hydrogens is 299 g/mol. The molecule has 0 N–H and O–H groups in total. The lowest BCUT2D eigenvalue weighted by Gasteiger charge is -2.23. The number of hydrogen-bond donors (Lipinski definition) is 0. The summed E-state index contributed by atoms with van der Waals surface area (Å²) in [6, 6.07) is 2.40. The predicted molar refractivity (Wildman–Crippen MR) is 74.5 cm³/mol. The lowest BCUT2D eigenvalue weighted by atomic mass is 10.2. The van der Waals surface area contributed by atoms with E-state index in [-0.39, 0.29) is 12.5 Å². The standard InChI is InChI=1S/C14H18F3N3O2/c1-22-10-13(21)20-6-2-5-19(7-8-20)12-4-3-11(9-18-12)14(15,16)17/h3-4,9H,2,5-8,10H2,1H3. The Hall–Kier alpha value is -1.83. The third-order valence-electron chi connectivity index (χ3n) is 3.52. The van der Waals surface area contributed by atoms with Gasteiger partial charge in [0.15, 0.2) is 0 Å². The van der Waals surface area contributed by atoms with Crippen LogP contribution in [0.15, 0.2) is 18.3 Å². The first-order chi connectivity index (χ1) is 10.4. The number of methoxy groups -OCH3 is 1. The van der Waals surface area contributed by atoms with Crippen molar-refractivity contribution < 1.29 is 22.7 Å². The Kier molecular flexibility index (Phi) is 5.23. The minimum absolute atomic E-state index is 0.0402. The summed E-state index contributed by atoms with van der Waals surface area (Å²) in [6.45, 7) is 2.34. The number of pyridine rings is 1. The van der Waals surface area contributed by atoms with Crippen molar-refractivity contribution in [3.63, 3.8) is 0 Å². The fourth-order valence-corrected chi connectivity index (χ4v) is 2.35. The number of amides is 1. The van der Waals surface area contributed by atoms with E-state index in [1.165, 1.54) is 13.2 Å². The van der Waals surface area contributed by atoms with Crippen molar-refractivity contribution >= 4 is 11.7 Å². The highest BCUT2D eigenvalue weighted by Crippen LogP contribution is 2.29. The maximum Gasteiger partial charge on any atom is 0.417 e. The Morgan fingerprint density at radius 3 is 2.64 bits per heavy atom. The number of carbonyl (C=O) groups is 1. The van der Waals surface area contributed by atoms with Gasteiger partial charge in [0.25, 0.3) is 0 Å². The largest absolute Gasteiger partial charge is 0.417 e. The first kappa shape index (κ1) is 16.5. The molecular formula is C14H18F3N3O2. The zero-order valence-electron chi connectivity index (χ0n) is 12.3. The summed E-state index contributed by atoms with van der Waals surface area (Å²) in [5.41, 5.74) is -0.761. The Labute approximate surface area is 126 Å². The highest BCUT2D eigenvalue weighted by Gasteiger charge is 2.31. The molecule has 2 rings (SSSR count). The molecule has 122 valence electrons. The normalized spacial score (nSPS) is 16.5. The summed E-state index contributed by atoms with van der Waals surface area (Å²) >= 11 is 0. The van der Waals surface area contributed by atoms with Crippen LogP contribution in [0.1, 0.15) is 12.0 Å². The molecule has 0 saturated carbocycles. The van der Waals surface area contributed by atoms with Gasteiger partial charge in [-0.05, 0) is 18.6 Å². The summed E-state index contributed by atoms with van der Waals surface area (Å²) in [7, 11) is 1.47. The van der Waals surface area contributed by atoms with Crippen LogP contribution in [0.2, 0.25) is 0 Å². The summed E-state index contributed by atoms with van der Waals surface area (Å²) in [5, 5.41) is 0. The number of carbonyl (C=O) groups excluding carboxylic acids is 1. The summed E-state index contributed by atoms with van der Waals surface area (Å²) in [4.78, 5) is 19.3. The van der Waals surface area contributed by atoms with Crippen LogP contribution in [0.5, 0.6) is 0 Å². The Morgan fingerprint density at radius 2 is 2.05 bits per heavy atom. The molecule has 0 aliphatic carbocycles. The van der Waals surface area contributed by atoms with E-state index < -0.39 is 11.7 Å². The Bertz CT molecular complexity index is 505. The van der Waals surface area contributed by atoms with Crippen molar-refractivity contribution in [3.8, 4) is 0 Å². The van der Waals surface area contributed by atoms with Crippen molar-refractivity contribution in [2.24, 2.45) is 0 Å². The van der Waals surface area contributed by atoms with E-state index in [1.807, 2.05) is 4.90 Å². The van der Waals surface area contributed by atoms with Gasteiger partial charge in [0.1, 0.15) is 12.4 Å². The fraction of sp³-hybridized carbons (Fsp3) is 0.571.